The molecular formula is C12H18N2O2. The fourth-order valence-electron chi connectivity index (χ4n) is 1.21. The van der Waals surface area contributed by atoms with Crippen LogP contribution in [0.25, 0.3) is 0 Å². The van der Waals surface area contributed by atoms with Crippen molar-refractivity contribution in [2.75, 3.05) is 19.7 Å². The average Bonchev–Trinajstić information content (AvgIpc) is 2.34. The van der Waals surface area contributed by atoms with Gasteiger partial charge in [0, 0.05) is 18.9 Å². The van der Waals surface area contributed by atoms with Crippen LogP contribution >= 0.6 is 0 Å². The Balaban J connectivity index is 2.12. The lowest BCUT2D eigenvalue weighted by Gasteiger charge is -2.05. The highest BCUT2D eigenvalue weighted by Gasteiger charge is 2.04. The highest BCUT2D eigenvalue weighted by atomic mass is 16.5. The van der Waals surface area contributed by atoms with Crippen molar-refractivity contribution in [3.05, 3.63) is 30.1 Å². The van der Waals surface area contributed by atoms with Gasteiger partial charge >= 0.3 is 5.97 Å². The molecule has 0 saturated carbocycles. The molecule has 1 N–H and O–H groups in total. The molecule has 0 spiro atoms. The fourth-order valence-corrected chi connectivity index (χ4v) is 1.21. The number of esters is 1. The summed E-state index contributed by atoms with van der Waals surface area (Å²) in [6.45, 7) is 4.23. The number of aromatic nitrogens is 1. The second-order valence-corrected chi connectivity index (χ2v) is 3.48. The quantitative estimate of drug-likeness (QED) is 0.562. The summed E-state index contributed by atoms with van der Waals surface area (Å²) in [6, 6.07) is 3.29. The number of carbonyl (C=O) groups excluding carboxylic acids is 1. The normalized spacial score (nSPS) is 10.1. The Morgan fingerprint density at radius 2 is 2.12 bits per heavy atom. The Kier molecular flexibility index (Phi) is 6.18. The molecule has 16 heavy (non-hydrogen) atoms. The van der Waals surface area contributed by atoms with Gasteiger partial charge in [0.25, 0.3) is 0 Å². The molecule has 0 radical (unpaired) electrons. The molecule has 0 aliphatic carbocycles. The lowest BCUT2D eigenvalue weighted by Crippen LogP contribution is -2.22. The third-order valence-corrected chi connectivity index (χ3v) is 2.14. The van der Waals surface area contributed by atoms with Gasteiger partial charge in [-0.1, -0.05) is 13.3 Å². The Bertz CT molecular complexity index is 301. The highest BCUT2D eigenvalue weighted by Crippen LogP contribution is 1.98. The molecule has 1 aromatic heterocycles. The van der Waals surface area contributed by atoms with Crippen molar-refractivity contribution >= 4 is 5.97 Å². The van der Waals surface area contributed by atoms with E-state index in [1.807, 2.05) is 0 Å². The molecule has 0 unspecified atom stereocenters. The molecule has 0 amide bonds. The molecule has 1 aromatic rings. The van der Waals surface area contributed by atoms with Crippen LogP contribution in [0.15, 0.2) is 24.5 Å². The molecular weight excluding hydrogens is 204 g/mol. The lowest BCUT2D eigenvalue weighted by atomic mass is 10.3. The number of hydrogen-bond acceptors (Lipinski definition) is 4. The first-order chi connectivity index (χ1) is 7.84. The maximum absolute atomic E-state index is 11.5. The van der Waals surface area contributed by atoms with Crippen molar-refractivity contribution < 1.29 is 9.53 Å². The van der Waals surface area contributed by atoms with E-state index >= 15 is 0 Å². The number of pyridine rings is 1. The van der Waals surface area contributed by atoms with Gasteiger partial charge in [0.15, 0.2) is 0 Å². The van der Waals surface area contributed by atoms with Crippen LogP contribution in [0.5, 0.6) is 0 Å². The third-order valence-electron chi connectivity index (χ3n) is 2.14. The minimum atomic E-state index is -0.292. The first-order valence-electron chi connectivity index (χ1n) is 5.62. The van der Waals surface area contributed by atoms with E-state index in [0.29, 0.717) is 18.7 Å². The zero-order valence-corrected chi connectivity index (χ0v) is 9.61. The van der Waals surface area contributed by atoms with E-state index in [1.165, 1.54) is 6.42 Å². The first kappa shape index (κ1) is 12.6. The van der Waals surface area contributed by atoms with Crippen LogP contribution in [0.1, 0.15) is 30.1 Å². The number of nitrogens with zero attached hydrogens (tertiary/aromatic N) is 1. The predicted octanol–water partition coefficient (Wildman–Crippen LogP) is 1.63. The molecule has 88 valence electrons. The Labute approximate surface area is 96.0 Å². The summed E-state index contributed by atoms with van der Waals surface area (Å²) in [5.41, 5.74) is 0.545. The average molecular weight is 222 g/mol. The summed E-state index contributed by atoms with van der Waals surface area (Å²) in [7, 11) is 0. The summed E-state index contributed by atoms with van der Waals surface area (Å²) in [5.74, 6) is -0.292. The van der Waals surface area contributed by atoms with Crippen LogP contribution in [-0.2, 0) is 4.74 Å². The zero-order chi connectivity index (χ0) is 11.6. The molecule has 0 aliphatic rings. The summed E-state index contributed by atoms with van der Waals surface area (Å²) >= 11 is 0. The SMILES string of the molecule is CCCCNCCOC(=O)c1ccncc1. The molecule has 1 heterocycles. The molecule has 0 atom stereocenters. The summed E-state index contributed by atoms with van der Waals surface area (Å²) in [6.07, 6.45) is 5.48. The van der Waals surface area contributed by atoms with E-state index in [9.17, 15) is 4.79 Å². The van der Waals surface area contributed by atoms with Crippen molar-refractivity contribution in [1.29, 1.82) is 0 Å². The molecule has 0 bridgehead atoms. The molecule has 0 fully saturated rings. The Morgan fingerprint density at radius 3 is 2.81 bits per heavy atom. The molecule has 0 aromatic carbocycles. The minimum Gasteiger partial charge on any atom is -0.461 e. The second kappa shape index (κ2) is 7.82. The van der Waals surface area contributed by atoms with Gasteiger partial charge in [-0.25, -0.2) is 4.79 Å². The van der Waals surface area contributed by atoms with Crippen molar-refractivity contribution in [3.8, 4) is 0 Å². The van der Waals surface area contributed by atoms with Gasteiger partial charge in [0.05, 0.1) is 5.56 Å². The van der Waals surface area contributed by atoms with E-state index in [0.717, 1.165) is 13.0 Å². The number of hydrogen-bond donors (Lipinski definition) is 1. The highest BCUT2D eigenvalue weighted by molar-refractivity contribution is 5.89. The minimum absolute atomic E-state index is 0.292. The smallest absolute Gasteiger partial charge is 0.338 e. The molecule has 0 aliphatic heterocycles. The molecule has 0 saturated heterocycles. The van der Waals surface area contributed by atoms with Crippen LogP contribution in [-0.4, -0.2) is 30.6 Å². The molecule has 4 nitrogen and oxygen atoms in total. The van der Waals surface area contributed by atoms with Crippen LogP contribution in [0.2, 0.25) is 0 Å². The third kappa shape index (κ3) is 4.89. The predicted molar refractivity (Wildman–Crippen MR) is 62.3 cm³/mol. The topological polar surface area (TPSA) is 51.2 Å². The van der Waals surface area contributed by atoms with E-state index in [1.54, 1.807) is 24.5 Å². The largest absolute Gasteiger partial charge is 0.461 e. The summed E-state index contributed by atoms with van der Waals surface area (Å²) in [4.78, 5) is 15.3. The number of carbonyl (C=O) groups is 1. The summed E-state index contributed by atoms with van der Waals surface area (Å²) < 4.78 is 5.08. The molecule has 4 heteroatoms. The maximum Gasteiger partial charge on any atom is 0.338 e. The van der Waals surface area contributed by atoms with Crippen molar-refractivity contribution in [1.82, 2.24) is 10.3 Å². The van der Waals surface area contributed by atoms with Crippen LogP contribution in [0, 0.1) is 0 Å². The van der Waals surface area contributed by atoms with Gasteiger partial charge in [-0.05, 0) is 25.1 Å². The van der Waals surface area contributed by atoms with Gasteiger partial charge in [-0.3, -0.25) is 4.98 Å². The van der Waals surface area contributed by atoms with Gasteiger partial charge in [0.1, 0.15) is 6.61 Å². The number of rotatable bonds is 7. The number of ether oxygens (including phenoxy) is 1. The first-order valence-corrected chi connectivity index (χ1v) is 5.62. The Hall–Kier alpha value is -1.42. The lowest BCUT2D eigenvalue weighted by molar-refractivity contribution is 0.0508. The van der Waals surface area contributed by atoms with Crippen LogP contribution < -0.4 is 5.32 Å². The number of unbranched alkanes of at least 4 members (excludes halogenated alkanes) is 1. The maximum atomic E-state index is 11.5. The van der Waals surface area contributed by atoms with Gasteiger partial charge < -0.3 is 10.1 Å². The summed E-state index contributed by atoms with van der Waals surface area (Å²) in [5, 5.41) is 3.20. The molecule has 1 rings (SSSR count). The van der Waals surface area contributed by atoms with E-state index in [2.05, 4.69) is 17.2 Å². The van der Waals surface area contributed by atoms with Crippen molar-refractivity contribution in [2.45, 2.75) is 19.8 Å². The Morgan fingerprint density at radius 1 is 1.38 bits per heavy atom. The zero-order valence-electron chi connectivity index (χ0n) is 9.61. The van der Waals surface area contributed by atoms with Crippen molar-refractivity contribution in [2.24, 2.45) is 0 Å². The van der Waals surface area contributed by atoms with E-state index in [4.69, 9.17) is 4.74 Å². The monoisotopic (exact) mass is 222 g/mol. The van der Waals surface area contributed by atoms with E-state index < -0.39 is 0 Å². The standard InChI is InChI=1S/C12H18N2O2/c1-2-3-6-13-9-10-16-12(15)11-4-7-14-8-5-11/h4-5,7-8,13H,2-3,6,9-10H2,1H3. The van der Waals surface area contributed by atoms with Crippen LogP contribution in [0.4, 0.5) is 0 Å². The number of nitrogens with one attached hydrogen (secondary N) is 1. The van der Waals surface area contributed by atoms with E-state index in [-0.39, 0.29) is 5.97 Å². The van der Waals surface area contributed by atoms with Gasteiger partial charge in [-0.2, -0.15) is 0 Å². The van der Waals surface area contributed by atoms with Gasteiger partial charge in [-0.15, -0.1) is 0 Å². The fraction of sp³-hybridized carbons (Fsp3) is 0.500. The second-order valence-electron chi connectivity index (χ2n) is 3.48. The van der Waals surface area contributed by atoms with Crippen LogP contribution in [0.3, 0.4) is 0 Å². The van der Waals surface area contributed by atoms with Crippen molar-refractivity contribution in [3.63, 3.8) is 0 Å². The van der Waals surface area contributed by atoms with Gasteiger partial charge in [0.2, 0.25) is 0 Å².